The van der Waals surface area contributed by atoms with Gasteiger partial charge in [0.1, 0.15) is 0 Å². The van der Waals surface area contributed by atoms with Crippen LogP contribution in [0.5, 0.6) is 0 Å². The summed E-state index contributed by atoms with van der Waals surface area (Å²) in [6, 6.07) is 0.845. The fraction of sp³-hybridized carbons (Fsp3) is 1.00. The summed E-state index contributed by atoms with van der Waals surface area (Å²) in [6.07, 6.45) is 16.2. The normalized spacial score (nSPS) is 31.6. The third-order valence-corrected chi connectivity index (χ3v) is 4.93. The fourth-order valence-electron chi connectivity index (χ4n) is 3.94. The third-order valence-electron chi connectivity index (χ3n) is 4.93. The van der Waals surface area contributed by atoms with Crippen LogP contribution in [0, 0.1) is 11.8 Å². The van der Waals surface area contributed by atoms with Crippen molar-refractivity contribution < 1.29 is 0 Å². The number of rotatable bonds is 5. The summed E-state index contributed by atoms with van der Waals surface area (Å²) >= 11 is 0. The van der Waals surface area contributed by atoms with Gasteiger partial charge < -0.3 is 5.32 Å². The van der Waals surface area contributed by atoms with Crippen LogP contribution < -0.4 is 5.32 Å². The van der Waals surface area contributed by atoms with E-state index in [0.29, 0.717) is 0 Å². The SMILES string of the molecule is CCCNC1CCCCCC1CC1CCCC1. The maximum Gasteiger partial charge on any atom is 0.00954 e. The molecule has 2 rings (SSSR count). The second-order valence-corrected chi connectivity index (χ2v) is 6.34. The molecule has 0 aromatic carbocycles. The van der Waals surface area contributed by atoms with E-state index in [1.54, 1.807) is 0 Å². The summed E-state index contributed by atoms with van der Waals surface area (Å²) in [5, 5.41) is 3.84. The van der Waals surface area contributed by atoms with Crippen molar-refractivity contribution in [3.05, 3.63) is 0 Å². The molecule has 0 saturated heterocycles. The third kappa shape index (κ3) is 4.28. The Hall–Kier alpha value is -0.0400. The zero-order chi connectivity index (χ0) is 11.9. The Morgan fingerprint density at radius 2 is 1.59 bits per heavy atom. The molecular formula is C16H31N. The van der Waals surface area contributed by atoms with Crippen LogP contribution in [0.15, 0.2) is 0 Å². The summed E-state index contributed by atoms with van der Waals surface area (Å²) in [7, 11) is 0. The van der Waals surface area contributed by atoms with E-state index in [9.17, 15) is 0 Å². The number of hydrogen-bond acceptors (Lipinski definition) is 1. The van der Waals surface area contributed by atoms with Crippen LogP contribution in [0.1, 0.15) is 77.6 Å². The van der Waals surface area contributed by atoms with E-state index in [-0.39, 0.29) is 0 Å². The number of nitrogens with one attached hydrogen (secondary N) is 1. The van der Waals surface area contributed by atoms with E-state index in [0.717, 1.165) is 17.9 Å². The van der Waals surface area contributed by atoms with Crippen molar-refractivity contribution in [2.24, 2.45) is 11.8 Å². The minimum Gasteiger partial charge on any atom is -0.314 e. The molecular weight excluding hydrogens is 206 g/mol. The molecule has 0 radical (unpaired) electrons. The molecule has 100 valence electrons. The largest absolute Gasteiger partial charge is 0.314 e. The molecule has 17 heavy (non-hydrogen) atoms. The molecule has 1 N–H and O–H groups in total. The summed E-state index contributed by atoms with van der Waals surface area (Å²) in [5.74, 6) is 2.07. The zero-order valence-electron chi connectivity index (χ0n) is 11.7. The average molecular weight is 237 g/mol. The van der Waals surface area contributed by atoms with Gasteiger partial charge in [0.05, 0.1) is 0 Å². The van der Waals surface area contributed by atoms with Gasteiger partial charge in [0.15, 0.2) is 0 Å². The van der Waals surface area contributed by atoms with E-state index in [1.807, 2.05) is 0 Å². The molecule has 0 aliphatic heterocycles. The first-order valence-electron chi connectivity index (χ1n) is 8.13. The van der Waals surface area contributed by atoms with Crippen LogP contribution in [0.3, 0.4) is 0 Å². The molecule has 0 aromatic heterocycles. The standard InChI is InChI=1S/C16H31N/c1-2-12-17-16-11-5-3-4-10-15(16)13-14-8-6-7-9-14/h14-17H,2-13H2,1H3. The van der Waals surface area contributed by atoms with Crippen molar-refractivity contribution in [2.45, 2.75) is 83.6 Å². The predicted molar refractivity (Wildman–Crippen MR) is 75.2 cm³/mol. The highest BCUT2D eigenvalue weighted by Gasteiger charge is 2.27. The fourth-order valence-corrected chi connectivity index (χ4v) is 3.94. The van der Waals surface area contributed by atoms with Gasteiger partial charge in [-0.1, -0.05) is 51.9 Å². The van der Waals surface area contributed by atoms with Crippen molar-refractivity contribution in [3.8, 4) is 0 Å². The highest BCUT2D eigenvalue weighted by Crippen LogP contribution is 2.35. The minimum atomic E-state index is 0.845. The number of hydrogen-bond donors (Lipinski definition) is 1. The second kappa shape index (κ2) is 7.41. The van der Waals surface area contributed by atoms with Crippen molar-refractivity contribution in [1.82, 2.24) is 5.32 Å². The Kier molecular flexibility index (Phi) is 5.84. The molecule has 0 amide bonds. The quantitative estimate of drug-likeness (QED) is 0.693. The highest BCUT2D eigenvalue weighted by molar-refractivity contribution is 4.82. The van der Waals surface area contributed by atoms with Crippen LogP contribution in [-0.2, 0) is 0 Å². The molecule has 0 aromatic rings. The van der Waals surface area contributed by atoms with Gasteiger partial charge in [-0.15, -0.1) is 0 Å². The lowest BCUT2D eigenvalue weighted by atomic mass is 9.85. The van der Waals surface area contributed by atoms with E-state index >= 15 is 0 Å². The summed E-state index contributed by atoms with van der Waals surface area (Å²) in [4.78, 5) is 0. The molecule has 2 saturated carbocycles. The summed E-state index contributed by atoms with van der Waals surface area (Å²) < 4.78 is 0. The summed E-state index contributed by atoms with van der Waals surface area (Å²) in [5.41, 5.74) is 0. The smallest absolute Gasteiger partial charge is 0.00954 e. The van der Waals surface area contributed by atoms with E-state index < -0.39 is 0 Å². The zero-order valence-corrected chi connectivity index (χ0v) is 11.7. The first-order chi connectivity index (χ1) is 8.40. The summed E-state index contributed by atoms with van der Waals surface area (Å²) in [6.45, 7) is 3.52. The van der Waals surface area contributed by atoms with Crippen molar-refractivity contribution in [1.29, 1.82) is 0 Å². The van der Waals surface area contributed by atoms with Gasteiger partial charge in [0.2, 0.25) is 0 Å². The molecule has 2 aliphatic rings. The van der Waals surface area contributed by atoms with Crippen LogP contribution in [0.2, 0.25) is 0 Å². The Bertz CT molecular complexity index is 196. The van der Waals surface area contributed by atoms with Gasteiger partial charge in [0.25, 0.3) is 0 Å². The van der Waals surface area contributed by atoms with Gasteiger partial charge in [0, 0.05) is 6.04 Å². The molecule has 1 heteroatoms. The average Bonchev–Trinajstić information content (AvgIpc) is 2.74. The lowest BCUT2D eigenvalue weighted by Crippen LogP contribution is -2.36. The van der Waals surface area contributed by atoms with Crippen molar-refractivity contribution in [2.75, 3.05) is 6.54 Å². The van der Waals surface area contributed by atoms with Crippen molar-refractivity contribution in [3.63, 3.8) is 0 Å². The van der Waals surface area contributed by atoms with E-state index in [4.69, 9.17) is 0 Å². The van der Waals surface area contributed by atoms with Gasteiger partial charge in [-0.05, 0) is 44.1 Å². The first-order valence-corrected chi connectivity index (χ1v) is 8.13. The van der Waals surface area contributed by atoms with Gasteiger partial charge >= 0.3 is 0 Å². The van der Waals surface area contributed by atoms with Crippen LogP contribution in [0.4, 0.5) is 0 Å². The Morgan fingerprint density at radius 1 is 0.882 bits per heavy atom. The van der Waals surface area contributed by atoms with Crippen LogP contribution in [0.25, 0.3) is 0 Å². The molecule has 1 nitrogen and oxygen atoms in total. The Labute approximate surface area is 108 Å². The molecule has 0 spiro atoms. The highest BCUT2D eigenvalue weighted by atomic mass is 14.9. The maximum absolute atomic E-state index is 3.84. The molecule has 0 heterocycles. The molecule has 2 unspecified atom stereocenters. The predicted octanol–water partition coefficient (Wildman–Crippen LogP) is 4.52. The van der Waals surface area contributed by atoms with E-state index in [1.165, 1.54) is 77.2 Å². The van der Waals surface area contributed by atoms with Gasteiger partial charge in [-0.2, -0.15) is 0 Å². The Morgan fingerprint density at radius 3 is 2.35 bits per heavy atom. The molecule has 2 fully saturated rings. The maximum atomic E-state index is 3.84. The second-order valence-electron chi connectivity index (χ2n) is 6.34. The Balaban J connectivity index is 1.83. The lowest BCUT2D eigenvalue weighted by Gasteiger charge is -2.28. The van der Waals surface area contributed by atoms with Gasteiger partial charge in [-0.25, -0.2) is 0 Å². The van der Waals surface area contributed by atoms with Crippen molar-refractivity contribution >= 4 is 0 Å². The monoisotopic (exact) mass is 237 g/mol. The molecule has 2 atom stereocenters. The first kappa shape index (κ1) is 13.4. The topological polar surface area (TPSA) is 12.0 Å². The van der Waals surface area contributed by atoms with Crippen LogP contribution >= 0.6 is 0 Å². The molecule has 0 bridgehead atoms. The van der Waals surface area contributed by atoms with E-state index in [2.05, 4.69) is 12.2 Å². The minimum absolute atomic E-state index is 0.845. The van der Waals surface area contributed by atoms with Gasteiger partial charge in [-0.3, -0.25) is 0 Å². The lowest BCUT2D eigenvalue weighted by molar-refractivity contribution is 0.273. The molecule has 2 aliphatic carbocycles. The van der Waals surface area contributed by atoms with Crippen LogP contribution in [-0.4, -0.2) is 12.6 Å².